The van der Waals surface area contributed by atoms with E-state index in [1.165, 1.54) is 0 Å². The molecule has 1 aromatic heterocycles. The number of anilines is 1. The van der Waals surface area contributed by atoms with Crippen molar-refractivity contribution in [2.45, 2.75) is 13.8 Å². The van der Waals surface area contributed by atoms with Crippen molar-refractivity contribution in [2.75, 3.05) is 18.5 Å². The average Bonchev–Trinajstić information content (AvgIpc) is 2.97. The minimum absolute atomic E-state index is 0.272. The van der Waals surface area contributed by atoms with E-state index in [1.54, 1.807) is 16.8 Å². The number of carbonyl (C=O) groups is 1. The molecule has 1 amide bonds. The van der Waals surface area contributed by atoms with Gasteiger partial charge in [-0.05, 0) is 26.0 Å². The number of hydrogen-bond acceptors (Lipinski definition) is 4. The van der Waals surface area contributed by atoms with Gasteiger partial charge in [0.25, 0.3) is 5.91 Å². The van der Waals surface area contributed by atoms with Gasteiger partial charge in [-0.25, -0.2) is 4.68 Å². The molecular formula is C20H18ClN3O3. The van der Waals surface area contributed by atoms with Crippen molar-refractivity contribution in [3.63, 3.8) is 0 Å². The maximum atomic E-state index is 12.9. The van der Waals surface area contributed by atoms with Crippen LogP contribution in [-0.2, 0) is 0 Å². The van der Waals surface area contributed by atoms with Crippen LogP contribution in [0, 0.1) is 13.8 Å². The summed E-state index contributed by atoms with van der Waals surface area (Å²) in [5.74, 6) is 0.869. The van der Waals surface area contributed by atoms with Crippen LogP contribution in [0.15, 0.2) is 42.5 Å². The van der Waals surface area contributed by atoms with Crippen molar-refractivity contribution < 1.29 is 14.3 Å². The van der Waals surface area contributed by atoms with E-state index in [9.17, 15) is 4.79 Å². The number of aromatic nitrogens is 2. The quantitative estimate of drug-likeness (QED) is 0.737. The molecule has 0 aliphatic carbocycles. The van der Waals surface area contributed by atoms with Gasteiger partial charge < -0.3 is 14.8 Å². The Morgan fingerprint density at radius 3 is 2.48 bits per heavy atom. The Morgan fingerprint density at radius 2 is 1.78 bits per heavy atom. The van der Waals surface area contributed by atoms with E-state index in [0.29, 0.717) is 46.7 Å². The number of rotatable bonds is 3. The van der Waals surface area contributed by atoms with Gasteiger partial charge >= 0.3 is 0 Å². The molecule has 138 valence electrons. The number of hydrogen-bond donors (Lipinski definition) is 1. The van der Waals surface area contributed by atoms with E-state index in [1.807, 2.05) is 44.2 Å². The van der Waals surface area contributed by atoms with Crippen molar-refractivity contribution in [1.29, 1.82) is 0 Å². The summed E-state index contributed by atoms with van der Waals surface area (Å²) in [4.78, 5) is 12.9. The molecule has 1 aliphatic rings. The first kappa shape index (κ1) is 17.4. The van der Waals surface area contributed by atoms with Crippen molar-refractivity contribution in [2.24, 2.45) is 0 Å². The van der Waals surface area contributed by atoms with Gasteiger partial charge in [-0.1, -0.05) is 29.8 Å². The molecule has 0 unspecified atom stereocenters. The lowest BCUT2D eigenvalue weighted by Crippen LogP contribution is -2.17. The van der Waals surface area contributed by atoms with Crippen LogP contribution in [0.25, 0.3) is 5.69 Å². The molecule has 0 saturated carbocycles. The van der Waals surface area contributed by atoms with Crippen LogP contribution in [-0.4, -0.2) is 28.9 Å². The van der Waals surface area contributed by atoms with E-state index < -0.39 is 0 Å². The number of aryl methyl sites for hydroxylation is 1. The Labute approximate surface area is 161 Å². The molecule has 0 spiro atoms. The monoisotopic (exact) mass is 383 g/mol. The number of ether oxygens (including phenoxy) is 2. The van der Waals surface area contributed by atoms with Gasteiger partial charge in [-0.2, -0.15) is 5.10 Å². The lowest BCUT2D eigenvalue weighted by molar-refractivity contribution is 0.102. The van der Waals surface area contributed by atoms with Crippen LogP contribution >= 0.6 is 11.6 Å². The van der Waals surface area contributed by atoms with E-state index in [0.717, 1.165) is 11.4 Å². The summed E-state index contributed by atoms with van der Waals surface area (Å²) in [5, 5.41) is 7.76. The molecule has 1 aliphatic heterocycles. The molecule has 0 saturated heterocycles. The normalized spacial score (nSPS) is 12.7. The van der Waals surface area contributed by atoms with Gasteiger partial charge in [0.15, 0.2) is 11.5 Å². The van der Waals surface area contributed by atoms with Crippen LogP contribution in [0.2, 0.25) is 5.02 Å². The number of nitrogens with zero attached hydrogens (tertiary/aromatic N) is 2. The van der Waals surface area contributed by atoms with E-state index in [2.05, 4.69) is 10.4 Å². The lowest BCUT2D eigenvalue weighted by atomic mass is 10.1. The van der Waals surface area contributed by atoms with Gasteiger partial charge in [-0.15, -0.1) is 0 Å². The Bertz CT molecular complexity index is 1020. The first-order valence-electron chi connectivity index (χ1n) is 8.56. The Hall–Kier alpha value is -2.99. The highest BCUT2D eigenvalue weighted by atomic mass is 35.5. The summed E-state index contributed by atoms with van der Waals surface area (Å²) >= 11 is 6.30. The van der Waals surface area contributed by atoms with E-state index >= 15 is 0 Å². The standard InChI is InChI=1S/C20H18ClN3O3/c1-12-19(13(2)24(23-12)14-6-4-3-5-7-14)20(25)22-16-11-18-17(10-15(16)21)26-8-9-27-18/h3-7,10-11H,8-9H2,1-2H3,(H,22,25). The average molecular weight is 384 g/mol. The second kappa shape index (κ2) is 6.96. The van der Waals surface area contributed by atoms with Gasteiger partial charge in [0.1, 0.15) is 13.2 Å². The van der Waals surface area contributed by atoms with E-state index in [-0.39, 0.29) is 5.91 Å². The molecule has 7 heteroatoms. The Kier molecular flexibility index (Phi) is 4.49. The zero-order chi connectivity index (χ0) is 19.0. The van der Waals surface area contributed by atoms with Crippen molar-refractivity contribution in [1.82, 2.24) is 9.78 Å². The third-order valence-electron chi connectivity index (χ3n) is 4.40. The first-order valence-corrected chi connectivity index (χ1v) is 8.94. The smallest absolute Gasteiger partial charge is 0.259 e. The van der Waals surface area contributed by atoms with Crippen LogP contribution in [0.3, 0.4) is 0 Å². The summed E-state index contributed by atoms with van der Waals surface area (Å²) in [6.45, 7) is 4.62. The van der Waals surface area contributed by atoms with Crippen LogP contribution in [0.1, 0.15) is 21.7 Å². The summed E-state index contributed by atoms with van der Waals surface area (Å²) < 4.78 is 12.8. The van der Waals surface area contributed by atoms with Gasteiger partial charge in [-0.3, -0.25) is 4.79 Å². The van der Waals surface area contributed by atoms with Crippen LogP contribution < -0.4 is 14.8 Å². The third-order valence-corrected chi connectivity index (χ3v) is 4.71. The second-order valence-electron chi connectivity index (χ2n) is 6.22. The fraction of sp³-hybridized carbons (Fsp3) is 0.200. The van der Waals surface area contributed by atoms with E-state index in [4.69, 9.17) is 21.1 Å². The van der Waals surface area contributed by atoms with Crippen LogP contribution in [0.5, 0.6) is 11.5 Å². The highest BCUT2D eigenvalue weighted by molar-refractivity contribution is 6.34. The minimum Gasteiger partial charge on any atom is -0.486 e. The molecule has 0 fully saturated rings. The first-order chi connectivity index (χ1) is 13.0. The Balaban J connectivity index is 1.66. The molecule has 0 atom stereocenters. The van der Waals surface area contributed by atoms with Crippen LogP contribution in [0.4, 0.5) is 5.69 Å². The number of benzene rings is 2. The largest absolute Gasteiger partial charge is 0.486 e. The molecular weight excluding hydrogens is 366 g/mol. The summed E-state index contributed by atoms with van der Waals surface area (Å²) in [6.07, 6.45) is 0. The number of halogens is 1. The molecule has 3 aromatic rings. The molecule has 6 nitrogen and oxygen atoms in total. The lowest BCUT2D eigenvalue weighted by Gasteiger charge is -2.20. The number of amides is 1. The molecule has 27 heavy (non-hydrogen) atoms. The Morgan fingerprint density at radius 1 is 1.11 bits per heavy atom. The SMILES string of the molecule is Cc1nn(-c2ccccc2)c(C)c1C(=O)Nc1cc2c(cc1Cl)OCCO2. The highest BCUT2D eigenvalue weighted by Crippen LogP contribution is 2.38. The topological polar surface area (TPSA) is 65.4 Å². The number of nitrogens with one attached hydrogen (secondary N) is 1. The highest BCUT2D eigenvalue weighted by Gasteiger charge is 2.22. The zero-order valence-electron chi connectivity index (χ0n) is 15.0. The van der Waals surface area contributed by atoms with Gasteiger partial charge in [0.05, 0.1) is 33.3 Å². The van der Waals surface area contributed by atoms with Crippen molar-refractivity contribution in [3.05, 3.63) is 64.4 Å². The predicted octanol–water partition coefficient (Wildman–Crippen LogP) is 4.17. The number of fused-ring (bicyclic) bond motifs is 1. The molecule has 0 radical (unpaired) electrons. The second-order valence-corrected chi connectivity index (χ2v) is 6.63. The number of carbonyl (C=O) groups excluding carboxylic acids is 1. The fourth-order valence-corrected chi connectivity index (χ4v) is 3.34. The third kappa shape index (κ3) is 3.24. The minimum atomic E-state index is -0.272. The van der Waals surface area contributed by atoms with Gasteiger partial charge in [0.2, 0.25) is 0 Å². The number of para-hydroxylation sites is 1. The zero-order valence-corrected chi connectivity index (χ0v) is 15.7. The van der Waals surface area contributed by atoms with Gasteiger partial charge in [0, 0.05) is 12.1 Å². The van der Waals surface area contributed by atoms with Crippen molar-refractivity contribution >= 4 is 23.2 Å². The predicted molar refractivity (Wildman–Crippen MR) is 103 cm³/mol. The maximum absolute atomic E-state index is 12.9. The maximum Gasteiger partial charge on any atom is 0.259 e. The summed E-state index contributed by atoms with van der Waals surface area (Å²) in [7, 11) is 0. The molecule has 1 N–H and O–H groups in total. The molecule has 4 rings (SSSR count). The summed E-state index contributed by atoms with van der Waals surface area (Å²) in [5.41, 5.74) is 3.28. The summed E-state index contributed by atoms with van der Waals surface area (Å²) in [6, 6.07) is 13.0. The molecule has 2 heterocycles. The fourth-order valence-electron chi connectivity index (χ4n) is 3.14. The molecule has 0 bridgehead atoms. The van der Waals surface area contributed by atoms with Crippen molar-refractivity contribution in [3.8, 4) is 17.2 Å². The molecule has 2 aromatic carbocycles.